The smallest absolute Gasteiger partial charge is 0.207 e. The number of hydrogen-bond acceptors (Lipinski definition) is 4. The van der Waals surface area contributed by atoms with Crippen molar-refractivity contribution in [1.82, 2.24) is 10.2 Å². The maximum Gasteiger partial charge on any atom is 0.207 e. The minimum Gasteiger partial charge on any atom is -0.371 e. The van der Waals surface area contributed by atoms with Gasteiger partial charge < -0.3 is 4.74 Å². The van der Waals surface area contributed by atoms with Gasteiger partial charge >= 0.3 is 0 Å². The molecule has 1 saturated carbocycles. The van der Waals surface area contributed by atoms with Crippen LogP contribution in [0.1, 0.15) is 37.6 Å². The number of halogens is 1. The zero-order valence-electron chi connectivity index (χ0n) is 8.78. The third-order valence-corrected chi connectivity index (χ3v) is 3.89. The lowest BCUT2D eigenvalue weighted by Crippen LogP contribution is -2.25. The molecule has 84 valence electrons. The number of aromatic nitrogens is 2. The molecule has 1 fully saturated rings. The van der Waals surface area contributed by atoms with Crippen molar-refractivity contribution >= 4 is 22.9 Å². The Bertz CT molecular complexity index is 318. The van der Waals surface area contributed by atoms with E-state index in [1.165, 1.54) is 37.0 Å². The molecule has 0 aromatic carbocycles. The van der Waals surface area contributed by atoms with Gasteiger partial charge in [-0.05, 0) is 30.4 Å². The third-order valence-electron chi connectivity index (χ3n) is 2.90. The summed E-state index contributed by atoms with van der Waals surface area (Å²) in [6.07, 6.45) is 5.47. The van der Waals surface area contributed by atoms with Crippen molar-refractivity contribution in [3.8, 4) is 0 Å². The summed E-state index contributed by atoms with van der Waals surface area (Å²) >= 11 is 7.10. The standard InChI is InChI=1S/C10H15ClN2OS/c1-7-4-2-3-5-8(7)14-6-9-12-13-10(11)15-9/h7-8H,2-6H2,1H3. The number of hydrogen-bond donors (Lipinski definition) is 0. The predicted octanol–water partition coefficient (Wildman–Crippen LogP) is 3.29. The quantitative estimate of drug-likeness (QED) is 0.821. The van der Waals surface area contributed by atoms with E-state index in [1.807, 2.05) is 0 Å². The van der Waals surface area contributed by atoms with Crippen molar-refractivity contribution in [3.05, 3.63) is 9.47 Å². The van der Waals surface area contributed by atoms with Crippen LogP contribution in [-0.4, -0.2) is 16.3 Å². The average Bonchev–Trinajstić information content (AvgIpc) is 2.63. The third kappa shape index (κ3) is 3.13. The zero-order chi connectivity index (χ0) is 10.7. The fourth-order valence-electron chi connectivity index (χ4n) is 2.00. The van der Waals surface area contributed by atoms with E-state index in [9.17, 15) is 0 Å². The molecule has 0 aliphatic heterocycles. The highest BCUT2D eigenvalue weighted by Crippen LogP contribution is 2.27. The number of ether oxygens (including phenoxy) is 1. The fourth-order valence-corrected chi connectivity index (χ4v) is 2.79. The van der Waals surface area contributed by atoms with Crippen LogP contribution in [0.15, 0.2) is 0 Å². The number of rotatable bonds is 3. The van der Waals surface area contributed by atoms with Crippen molar-refractivity contribution in [2.45, 2.75) is 45.3 Å². The lowest BCUT2D eigenvalue weighted by molar-refractivity contribution is -0.0157. The predicted molar refractivity (Wildman–Crippen MR) is 61.1 cm³/mol. The van der Waals surface area contributed by atoms with Gasteiger partial charge in [-0.1, -0.05) is 31.1 Å². The van der Waals surface area contributed by atoms with E-state index in [-0.39, 0.29) is 0 Å². The lowest BCUT2D eigenvalue weighted by atomic mass is 9.88. The van der Waals surface area contributed by atoms with Crippen molar-refractivity contribution in [1.29, 1.82) is 0 Å². The minimum absolute atomic E-state index is 0.390. The molecule has 2 atom stereocenters. The summed E-state index contributed by atoms with van der Waals surface area (Å²) in [4.78, 5) is 0. The molecule has 0 amide bonds. The van der Waals surface area contributed by atoms with Crippen LogP contribution in [0.5, 0.6) is 0 Å². The van der Waals surface area contributed by atoms with E-state index in [1.54, 1.807) is 0 Å². The molecule has 0 bridgehead atoms. The Kier molecular flexibility index (Phi) is 3.94. The monoisotopic (exact) mass is 246 g/mol. The van der Waals surface area contributed by atoms with Crippen molar-refractivity contribution in [3.63, 3.8) is 0 Å². The molecule has 5 heteroatoms. The second kappa shape index (κ2) is 5.23. The van der Waals surface area contributed by atoms with Gasteiger partial charge in [0.15, 0.2) is 0 Å². The van der Waals surface area contributed by atoms with Gasteiger partial charge in [0.2, 0.25) is 4.47 Å². The van der Waals surface area contributed by atoms with Gasteiger partial charge in [-0.3, -0.25) is 0 Å². The van der Waals surface area contributed by atoms with Gasteiger partial charge in [-0.2, -0.15) is 0 Å². The second-order valence-electron chi connectivity index (χ2n) is 4.06. The normalized spacial score (nSPS) is 26.8. The summed E-state index contributed by atoms with van der Waals surface area (Å²) in [6.45, 7) is 2.82. The molecule has 1 aromatic heterocycles. The Balaban J connectivity index is 1.81. The fraction of sp³-hybridized carbons (Fsp3) is 0.800. The molecule has 1 aromatic rings. The van der Waals surface area contributed by atoms with E-state index in [4.69, 9.17) is 16.3 Å². The molecule has 0 N–H and O–H groups in total. The maximum absolute atomic E-state index is 5.84. The van der Waals surface area contributed by atoms with Gasteiger partial charge in [0.1, 0.15) is 11.6 Å². The topological polar surface area (TPSA) is 35.0 Å². The molecule has 1 heterocycles. The molecule has 0 spiro atoms. The SMILES string of the molecule is CC1CCCCC1OCc1nnc(Cl)s1. The first-order valence-electron chi connectivity index (χ1n) is 5.35. The highest BCUT2D eigenvalue weighted by molar-refractivity contribution is 7.15. The van der Waals surface area contributed by atoms with Crippen LogP contribution in [0, 0.1) is 5.92 Å². The molecule has 3 nitrogen and oxygen atoms in total. The first-order valence-corrected chi connectivity index (χ1v) is 6.54. The lowest BCUT2D eigenvalue weighted by Gasteiger charge is -2.28. The molecule has 15 heavy (non-hydrogen) atoms. The summed E-state index contributed by atoms with van der Waals surface area (Å²) in [6, 6.07) is 0. The van der Waals surface area contributed by atoms with Gasteiger partial charge in [-0.25, -0.2) is 0 Å². The summed E-state index contributed by atoms with van der Waals surface area (Å²) in [5, 5.41) is 8.56. The first-order chi connectivity index (χ1) is 7.25. The largest absolute Gasteiger partial charge is 0.371 e. The summed E-state index contributed by atoms with van der Waals surface area (Å²) in [5.74, 6) is 0.669. The van der Waals surface area contributed by atoms with Crippen LogP contribution >= 0.6 is 22.9 Å². The molecule has 2 rings (SSSR count). The summed E-state index contributed by atoms with van der Waals surface area (Å²) in [7, 11) is 0. The van der Waals surface area contributed by atoms with Gasteiger partial charge in [-0.15, -0.1) is 10.2 Å². The minimum atomic E-state index is 0.390. The van der Waals surface area contributed by atoms with Crippen molar-refractivity contribution < 1.29 is 4.74 Å². The molecule has 2 unspecified atom stereocenters. The van der Waals surface area contributed by atoms with Crippen molar-refractivity contribution in [2.24, 2.45) is 5.92 Å². The molecule has 1 aliphatic rings. The van der Waals surface area contributed by atoms with Crippen LogP contribution in [0.4, 0.5) is 0 Å². The molecule has 0 saturated heterocycles. The van der Waals surface area contributed by atoms with E-state index in [0.29, 0.717) is 23.1 Å². The van der Waals surface area contributed by atoms with Crippen LogP contribution in [-0.2, 0) is 11.3 Å². The summed E-state index contributed by atoms with van der Waals surface area (Å²) in [5.41, 5.74) is 0. The van der Waals surface area contributed by atoms with Gasteiger partial charge in [0, 0.05) is 0 Å². The Morgan fingerprint density at radius 2 is 2.20 bits per heavy atom. The zero-order valence-corrected chi connectivity index (χ0v) is 10.4. The van der Waals surface area contributed by atoms with Gasteiger partial charge in [0.25, 0.3) is 0 Å². The Morgan fingerprint density at radius 3 is 2.87 bits per heavy atom. The maximum atomic E-state index is 5.84. The number of nitrogens with zero attached hydrogens (tertiary/aromatic N) is 2. The van der Waals surface area contributed by atoms with E-state index in [2.05, 4.69) is 17.1 Å². The van der Waals surface area contributed by atoms with Crippen molar-refractivity contribution in [2.75, 3.05) is 0 Å². The van der Waals surface area contributed by atoms with Crippen LogP contribution in [0.3, 0.4) is 0 Å². The Labute approximate surface area is 98.8 Å². The molecular weight excluding hydrogens is 232 g/mol. The van der Waals surface area contributed by atoms with E-state index < -0.39 is 0 Å². The molecular formula is C10H15ClN2OS. The Hall–Kier alpha value is -0.190. The summed E-state index contributed by atoms with van der Waals surface area (Å²) < 4.78 is 6.33. The highest BCUT2D eigenvalue weighted by Gasteiger charge is 2.22. The highest BCUT2D eigenvalue weighted by atomic mass is 35.5. The van der Waals surface area contributed by atoms with Crippen LogP contribution < -0.4 is 0 Å². The second-order valence-corrected chi connectivity index (χ2v) is 5.70. The van der Waals surface area contributed by atoms with Crippen LogP contribution in [0.2, 0.25) is 4.47 Å². The Morgan fingerprint density at radius 1 is 1.40 bits per heavy atom. The van der Waals surface area contributed by atoms with E-state index in [0.717, 1.165) is 5.01 Å². The molecule has 0 radical (unpaired) electrons. The average molecular weight is 247 g/mol. The van der Waals surface area contributed by atoms with Gasteiger partial charge in [0.05, 0.1) is 6.10 Å². The molecule has 1 aliphatic carbocycles. The van der Waals surface area contributed by atoms with Crippen LogP contribution in [0.25, 0.3) is 0 Å². The van der Waals surface area contributed by atoms with E-state index >= 15 is 0 Å². The first kappa shape index (κ1) is 11.3.